The normalized spacial score (nSPS) is 22.6. The van der Waals surface area contributed by atoms with Crippen LogP contribution in [-0.4, -0.2) is 24.8 Å². The van der Waals surface area contributed by atoms with Crippen molar-refractivity contribution in [3.05, 3.63) is 0 Å². The summed E-state index contributed by atoms with van der Waals surface area (Å²) in [6, 6.07) is 0. The molecule has 0 atom stereocenters. The van der Waals surface area contributed by atoms with E-state index in [0.29, 0.717) is 0 Å². The van der Waals surface area contributed by atoms with Gasteiger partial charge in [-0.05, 0) is 16.7 Å². The maximum Gasteiger partial charge on any atom is 0.383 e. The molecule has 0 aromatic heterocycles. The van der Waals surface area contributed by atoms with E-state index in [4.69, 9.17) is 0 Å². The molecule has 6 heteroatoms. The quantitative estimate of drug-likeness (QED) is 0.769. The lowest BCUT2D eigenvalue weighted by Gasteiger charge is -2.15. The van der Waals surface area contributed by atoms with Gasteiger partial charge < -0.3 is 5.32 Å². The Morgan fingerprint density at radius 3 is 1.94 bits per heavy atom. The number of halogens is 4. The lowest BCUT2D eigenvalue weighted by molar-refractivity contribution is -0.169. The molecule has 0 aromatic carbocycles. The summed E-state index contributed by atoms with van der Waals surface area (Å²) in [5.41, 5.74) is -0.166. The monoisotopic (exact) mass is 255 g/mol. The van der Waals surface area contributed by atoms with Gasteiger partial charge >= 0.3 is 12.3 Å². The van der Waals surface area contributed by atoms with Crippen molar-refractivity contribution in [1.29, 1.82) is 0 Å². The van der Waals surface area contributed by atoms with Crippen molar-refractivity contribution in [1.82, 2.24) is 5.32 Å². The molecular formula is C11H17F4NO. The fourth-order valence-electron chi connectivity index (χ4n) is 2.26. The molecule has 17 heavy (non-hydrogen) atoms. The Hall–Kier alpha value is -0.810. The maximum absolute atomic E-state index is 12.6. The van der Waals surface area contributed by atoms with E-state index >= 15 is 0 Å². The summed E-state index contributed by atoms with van der Waals surface area (Å²) in [5.74, 6) is -6.48. The Bertz CT molecular complexity index is 311. The topological polar surface area (TPSA) is 29.1 Å². The number of rotatable bonds is 4. The molecule has 0 heterocycles. The number of carbonyl (C=O) groups is 1. The fourth-order valence-corrected chi connectivity index (χ4v) is 2.26. The standard InChI is InChI=1S/C11H17F4NO/c1-9(2)6(10(9,3)4)5-16-8(17)11(14,15)7(12)13/h6-7H,5H2,1-4H3,(H,16,17). The zero-order valence-corrected chi connectivity index (χ0v) is 10.3. The van der Waals surface area contributed by atoms with E-state index in [1.165, 1.54) is 0 Å². The lowest BCUT2D eigenvalue weighted by Crippen LogP contribution is -2.46. The maximum atomic E-state index is 12.6. The van der Waals surface area contributed by atoms with Gasteiger partial charge in [-0.1, -0.05) is 27.7 Å². The van der Waals surface area contributed by atoms with Gasteiger partial charge in [0.05, 0.1) is 0 Å². The number of amides is 1. The fraction of sp³-hybridized carbons (Fsp3) is 0.909. The molecule has 1 fully saturated rings. The minimum absolute atomic E-state index is 0.00113. The van der Waals surface area contributed by atoms with Crippen molar-refractivity contribution in [2.75, 3.05) is 6.54 Å². The molecule has 2 nitrogen and oxygen atoms in total. The van der Waals surface area contributed by atoms with Crippen LogP contribution in [0.4, 0.5) is 17.6 Å². The third-order valence-electron chi connectivity index (χ3n) is 4.36. The summed E-state index contributed by atoms with van der Waals surface area (Å²) in [5, 5.41) is 1.91. The first-order valence-electron chi connectivity index (χ1n) is 5.40. The van der Waals surface area contributed by atoms with Crippen molar-refractivity contribution < 1.29 is 22.4 Å². The van der Waals surface area contributed by atoms with Gasteiger partial charge in [-0.2, -0.15) is 8.78 Å². The van der Waals surface area contributed by atoms with Crippen molar-refractivity contribution in [3.63, 3.8) is 0 Å². The van der Waals surface area contributed by atoms with E-state index < -0.39 is 18.3 Å². The van der Waals surface area contributed by atoms with E-state index in [-0.39, 0.29) is 23.3 Å². The van der Waals surface area contributed by atoms with E-state index in [2.05, 4.69) is 0 Å². The minimum atomic E-state index is -4.61. The van der Waals surface area contributed by atoms with Gasteiger partial charge in [0.15, 0.2) is 0 Å². The molecule has 1 saturated carbocycles. The van der Waals surface area contributed by atoms with Crippen LogP contribution < -0.4 is 5.32 Å². The average Bonchev–Trinajstić information content (AvgIpc) is 2.54. The Kier molecular flexibility index (Phi) is 3.23. The molecule has 0 radical (unpaired) electrons. The number of nitrogens with one attached hydrogen (secondary N) is 1. The Morgan fingerprint density at radius 2 is 1.65 bits per heavy atom. The van der Waals surface area contributed by atoms with Crippen LogP contribution in [0.25, 0.3) is 0 Å². The molecule has 0 aliphatic heterocycles. The Morgan fingerprint density at radius 1 is 1.24 bits per heavy atom. The molecule has 0 spiro atoms. The highest BCUT2D eigenvalue weighted by molar-refractivity contribution is 5.83. The molecular weight excluding hydrogens is 238 g/mol. The summed E-state index contributed by atoms with van der Waals surface area (Å²) in [6.07, 6.45) is -3.97. The molecule has 0 aromatic rings. The third-order valence-corrected chi connectivity index (χ3v) is 4.36. The first-order chi connectivity index (χ1) is 7.45. The first kappa shape index (κ1) is 14.3. The van der Waals surface area contributed by atoms with Crippen LogP contribution in [0.2, 0.25) is 0 Å². The molecule has 1 N–H and O–H groups in total. The number of carbonyl (C=O) groups excluding carboxylic acids is 1. The van der Waals surface area contributed by atoms with Crippen LogP contribution in [0.3, 0.4) is 0 Å². The van der Waals surface area contributed by atoms with Crippen LogP contribution in [0.5, 0.6) is 0 Å². The van der Waals surface area contributed by atoms with Crippen LogP contribution in [0.15, 0.2) is 0 Å². The molecule has 1 aliphatic rings. The highest BCUT2D eigenvalue weighted by Crippen LogP contribution is 2.67. The van der Waals surface area contributed by atoms with Gasteiger partial charge in [-0.15, -0.1) is 0 Å². The second kappa shape index (κ2) is 3.85. The van der Waals surface area contributed by atoms with E-state index in [9.17, 15) is 22.4 Å². The van der Waals surface area contributed by atoms with Crippen molar-refractivity contribution in [2.24, 2.45) is 16.7 Å². The summed E-state index contributed by atoms with van der Waals surface area (Å²) in [6.45, 7) is 7.81. The van der Waals surface area contributed by atoms with E-state index in [1.807, 2.05) is 33.0 Å². The summed E-state index contributed by atoms with van der Waals surface area (Å²) in [7, 11) is 0. The molecule has 1 amide bonds. The number of hydrogen-bond donors (Lipinski definition) is 1. The largest absolute Gasteiger partial charge is 0.383 e. The predicted octanol–water partition coefficient (Wildman–Crippen LogP) is 2.69. The first-order valence-corrected chi connectivity index (χ1v) is 5.40. The Labute approximate surface area is 97.8 Å². The van der Waals surface area contributed by atoms with Crippen LogP contribution in [0, 0.1) is 16.7 Å². The molecule has 1 aliphatic carbocycles. The zero-order valence-electron chi connectivity index (χ0n) is 10.3. The summed E-state index contributed by atoms with van der Waals surface area (Å²) < 4.78 is 49.1. The van der Waals surface area contributed by atoms with E-state index in [0.717, 1.165) is 0 Å². The third kappa shape index (κ3) is 2.13. The molecule has 0 unspecified atom stereocenters. The highest BCUT2D eigenvalue weighted by atomic mass is 19.3. The van der Waals surface area contributed by atoms with Crippen LogP contribution >= 0.6 is 0 Å². The summed E-state index contributed by atoms with van der Waals surface area (Å²) in [4.78, 5) is 10.9. The van der Waals surface area contributed by atoms with Gasteiger partial charge in [0.2, 0.25) is 0 Å². The van der Waals surface area contributed by atoms with Crippen LogP contribution in [-0.2, 0) is 4.79 Å². The average molecular weight is 255 g/mol. The SMILES string of the molecule is CC1(C)C(CNC(=O)C(F)(F)C(F)F)C1(C)C. The van der Waals surface area contributed by atoms with Gasteiger partial charge in [0.25, 0.3) is 5.91 Å². The van der Waals surface area contributed by atoms with Crippen molar-refractivity contribution in [2.45, 2.75) is 40.0 Å². The molecule has 100 valence electrons. The number of hydrogen-bond acceptors (Lipinski definition) is 1. The van der Waals surface area contributed by atoms with Crippen molar-refractivity contribution in [3.8, 4) is 0 Å². The van der Waals surface area contributed by atoms with Gasteiger partial charge in [-0.3, -0.25) is 4.79 Å². The second-order valence-corrected chi connectivity index (χ2v) is 5.63. The molecule has 1 rings (SSSR count). The minimum Gasteiger partial charge on any atom is -0.350 e. The Balaban J connectivity index is 2.52. The number of alkyl halides is 4. The molecule has 0 bridgehead atoms. The van der Waals surface area contributed by atoms with Gasteiger partial charge in [0, 0.05) is 6.54 Å². The summed E-state index contributed by atoms with van der Waals surface area (Å²) >= 11 is 0. The second-order valence-electron chi connectivity index (χ2n) is 5.63. The van der Waals surface area contributed by atoms with Gasteiger partial charge in [0.1, 0.15) is 0 Å². The molecule has 0 saturated heterocycles. The van der Waals surface area contributed by atoms with Gasteiger partial charge in [-0.25, -0.2) is 8.78 Å². The highest BCUT2D eigenvalue weighted by Gasteiger charge is 2.64. The lowest BCUT2D eigenvalue weighted by atomic mass is 10.0. The zero-order chi connectivity index (χ0) is 13.6. The van der Waals surface area contributed by atoms with Crippen LogP contribution in [0.1, 0.15) is 27.7 Å². The predicted molar refractivity (Wildman–Crippen MR) is 55.0 cm³/mol. The van der Waals surface area contributed by atoms with Crippen molar-refractivity contribution >= 4 is 5.91 Å². The smallest absolute Gasteiger partial charge is 0.350 e. The van der Waals surface area contributed by atoms with E-state index in [1.54, 1.807) is 0 Å².